The van der Waals surface area contributed by atoms with Crippen LogP contribution in [0.2, 0.25) is 5.02 Å². The van der Waals surface area contributed by atoms with Crippen molar-refractivity contribution in [2.45, 2.75) is 33.7 Å². The van der Waals surface area contributed by atoms with Gasteiger partial charge in [-0.25, -0.2) is 4.79 Å². The number of halogens is 1. The lowest BCUT2D eigenvalue weighted by atomic mass is 10.1. The second-order valence-electron chi connectivity index (χ2n) is 7.36. The van der Waals surface area contributed by atoms with E-state index < -0.39 is 5.97 Å². The van der Waals surface area contributed by atoms with Gasteiger partial charge in [0.25, 0.3) is 0 Å². The van der Waals surface area contributed by atoms with Crippen LogP contribution in [0.15, 0.2) is 48.5 Å². The first kappa shape index (κ1) is 20.9. The molecule has 0 spiro atoms. The third-order valence-electron chi connectivity index (χ3n) is 4.42. The molecule has 0 atom stereocenters. The topological polar surface area (TPSA) is 64.3 Å². The van der Waals surface area contributed by atoms with E-state index in [1.165, 1.54) is 0 Å². The molecular formula is C23H25ClN2O3. The van der Waals surface area contributed by atoms with E-state index in [4.69, 9.17) is 21.4 Å². The SMILES string of the molecule is CCCOc1ccc(C(=O)O)cc1-c1cc(-c2ccc(Cl)cc2)n(CC(C)C)n1. The van der Waals surface area contributed by atoms with Gasteiger partial charge < -0.3 is 9.84 Å². The van der Waals surface area contributed by atoms with Gasteiger partial charge in [0, 0.05) is 17.1 Å². The van der Waals surface area contributed by atoms with Gasteiger partial charge in [-0.3, -0.25) is 4.68 Å². The van der Waals surface area contributed by atoms with Crippen LogP contribution in [0.4, 0.5) is 0 Å². The summed E-state index contributed by atoms with van der Waals surface area (Å²) in [5.41, 5.74) is 3.52. The number of rotatable bonds is 8. The van der Waals surface area contributed by atoms with Crippen LogP contribution in [0, 0.1) is 5.92 Å². The molecule has 0 aliphatic heterocycles. The van der Waals surface area contributed by atoms with E-state index in [9.17, 15) is 9.90 Å². The van der Waals surface area contributed by atoms with E-state index in [0.717, 1.165) is 24.2 Å². The number of hydrogen-bond donors (Lipinski definition) is 1. The van der Waals surface area contributed by atoms with Crippen molar-refractivity contribution in [2.24, 2.45) is 5.92 Å². The van der Waals surface area contributed by atoms with Crippen LogP contribution >= 0.6 is 11.6 Å². The summed E-state index contributed by atoms with van der Waals surface area (Å²) < 4.78 is 7.83. The normalized spacial score (nSPS) is 11.1. The van der Waals surface area contributed by atoms with Crippen LogP contribution in [0.25, 0.3) is 22.5 Å². The quantitative estimate of drug-likeness (QED) is 0.491. The van der Waals surface area contributed by atoms with Crippen LogP contribution in [-0.4, -0.2) is 27.5 Å². The Hall–Kier alpha value is -2.79. The first-order valence-corrected chi connectivity index (χ1v) is 10.1. The van der Waals surface area contributed by atoms with Crippen molar-refractivity contribution in [2.75, 3.05) is 6.61 Å². The molecule has 0 aliphatic rings. The molecule has 0 unspecified atom stereocenters. The maximum atomic E-state index is 11.5. The molecule has 6 heteroatoms. The molecule has 1 heterocycles. The summed E-state index contributed by atoms with van der Waals surface area (Å²) in [6.07, 6.45) is 0.859. The van der Waals surface area contributed by atoms with Crippen molar-refractivity contribution < 1.29 is 14.6 Å². The Kier molecular flexibility index (Phi) is 6.60. The predicted molar refractivity (Wildman–Crippen MR) is 116 cm³/mol. The number of carbonyl (C=O) groups is 1. The largest absolute Gasteiger partial charge is 0.493 e. The highest BCUT2D eigenvalue weighted by Crippen LogP contribution is 2.34. The Labute approximate surface area is 175 Å². The summed E-state index contributed by atoms with van der Waals surface area (Å²) >= 11 is 6.05. The fraction of sp³-hybridized carbons (Fsp3) is 0.304. The third kappa shape index (κ3) is 4.98. The molecule has 0 fully saturated rings. The monoisotopic (exact) mass is 412 g/mol. The lowest BCUT2D eigenvalue weighted by Crippen LogP contribution is -2.08. The lowest BCUT2D eigenvalue weighted by Gasteiger charge is -2.11. The predicted octanol–water partition coefficient (Wildman–Crippen LogP) is 6.01. The first-order valence-electron chi connectivity index (χ1n) is 9.73. The molecule has 1 aromatic heterocycles. The Balaban J connectivity index is 2.13. The van der Waals surface area contributed by atoms with Gasteiger partial charge in [-0.1, -0.05) is 44.5 Å². The van der Waals surface area contributed by atoms with Gasteiger partial charge in [-0.15, -0.1) is 0 Å². The summed E-state index contributed by atoms with van der Waals surface area (Å²) in [7, 11) is 0. The summed E-state index contributed by atoms with van der Waals surface area (Å²) in [6, 6.07) is 14.5. The van der Waals surface area contributed by atoms with Crippen LogP contribution in [-0.2, 0) is 6.54 Å². The standard InChI is InChI=1S/C23H25ClN2O3/c1-4-11-29-22-10-7-17(23(27)28)12-19(22)20-13-21(26(25-20)14-15(2)3)16-5-8-18(24)9-6-16/h5-10,12-13,15H,4,11,14H2,1-3H3,(H,27,28). The minimum atomic E-state index is -0.979. The van der Waals surface area contributed by atoms with E-state index in [1.54, 1.807) is 18.2 Å². The van der Waals surface area contributed by atoms with Crippen LogP contribution in [0.3, 0.4) is 0 Å². The van der Waals surface area contributed by atoms with Crippen molar-refractivity contribution in [1.29, 1.82) is 0 Å². The molecule has 2 aromatic carbocycles. The highest BCUT2D eigenvalue weighted by molar-refractivity contribution is 6.30. The van der Waals surface area contributed by atoms with E-state index in [0.29, 0.717) is 34.6 Å². The smallest absolute Gasteiger partial charge is 0.335 e. The maximum Gasteiger partial charge on any atom is 0.335 e. The molecule has 5 nitrogen and oxygen atoms in total. The minimum absolute atomic E-state index is 0.204. The average Bonchev–Trinajstić information content (AvgIpc) is 3.09. The Bertz CT molecular complexity index is 994. The number of carboxylic acids is 1. The Morgan fingerprint density at radius 3 is 2.52 bits per heavy atom. The molecule has 1 N–H and O–H groups in total. The van der Waals surface area contributed by atoms with E-state index in [2.05, 4.69) is 13.8 Å². The molecule has 3 aromatic rings. The number of aromatic nitrogens is 2. The molecule has 152 valence electrons. The average molecular weight is 413 g/mol. The number of hydrogen-bond acceptors (Lipinski definition) is 3. The maximum absolute atomic E-state index is 11.5. The molecular weight excluding hydrogens is 388 g/mol. The Morgan fingerprint density at radius 2 is 1.90 bits per heavy atom. The highest BCUT2D eigenvalue weighted by atomic mass is 35.5. The number of carboxylic acid groups (broad SMARTS) is 1. The van der Waals surface area contributed by atoms with Gasteiger partial charge in [0.1, 0.15) is 5.75 Å². The van der Waals surface area contributed by atoms with Crippen molar-refractivity contribution in [1.82, 2.24) is 9.78 Å². The zero-order chi connectivity index (χ0) is 21.0. The zero-order valence-electron chi connectivity index (χ0n) is 16.9. The first-order chi connectivity index (χ1) is 13.9. The van der Waals surface area contributed by atoms with Gasteiger partial charge >= 0.3 is 5.97 Å². The molecule has 0 radical (unpaired) electrons. The molecule has 3 rings (SSSR count). The molecule has 0 amide bonds. The zero-order valence-corrected chi connectivity index (χ0v) is 17.6. The van der Waals surface area contributed by atoms with Crippen LogP contribution < -0.4 is 4.74 Å². The molecule has 0 aliphatic carbocycles. The number of nitrogens with zero attached hydrogens (tertiary/aromatic N) is 2. The lowest BCUT2D eigenvalue weighted by molar-refractivity contribution is 0.0697. The van der Waals surface area contributed by atoms with E-state index in [1.807, 2.05) is 41.9 Å². The summed E-state index contributed by atoms with van der Waals surface area (Å²) in [6.45, 7) is 7.58. The second kappa shape index (κ2) is 9.14. The third-order valence-corrected chi connectivity index (χ3v) is 4.67. The van der Waals surface area contributed by atoms with Crippen LogP contribution in [0.5, 0.6) is 5.75 Å². The van der Waals surface area contributed by atoms with Crippen molar-refractivity contribution in [3.8, 4) is 28.3 Å². The minimum Gasteiger partial charge on any atom is -0.493 e. The van der Waals surface area contributed by atoms with Gasteiger partial charge in [0.2, 0.25) is 0 Å². The summed E-state index contributed by atoms with van der Waals surface area (Å²) in [5.74, 6) is 0.0523. The van der Waals surface area contributed by atoms with Gasteiger partial charge in [0.15, 0.2) is 0 Å². The van der Waals surface area contributed by atoms with Gasteiger partial charge in [0.05, 0.1) is 23.6 Å². The van der Waals surface area contributed by atoms with E-state index >= 15 is 0 Å². The molecule has 29 heavy (non-hydrogen) atoms. The molecule has 0 bridgehead atoms. The molecule has 0 saturated carbocycles. The number of benzene rings is 2. The van der Waals surface area contributed by atoms with Gasteiger partial charge in [-0.05, 0) is 54.3 Å². The second-order valence-corrected chi connectivity index (χ2v) is 7.80. The number of aromatic carboxylic acids is 1. The highest BCUT2D eigenvalue weighted by Gasteiger charge is 2.18. The fourth-order valence-corrected chi connectivity index (χ4v) is 3.21. The summed E-state index contributed by atoms with van der Waals surface area (Å²) in [4.78, 5) is 11.5. The Morgan fingerprint density at radius 1 is 1.17 bits per heavy atom. The molecule has 0 saturated heterocycles. The van der Waals surface area contributed by atoms with E-state index in [-0.39, 0.29) is 5.56 Å². The van der Waals surface area contributed by atoms with Crippen molar-refractivity contribution in [3.05, 3.63) is 59.1 Å². The van der Waals surface area contributed by atoms with Crippen LogP contribution in [0.1, 0.15) is 37.6 Å². The number of ether oxygens (including phenoxy) is 1. The van der Waals surface area contributed by atoms with Gasteiger partial charge in [-0.2, -0.15) is 5.10 Å². The van der Waals surface area contributed by atoms with Crippen molar-refractivity contribution >= 4 is 17.6 Å². The van der Waals surface area contributed by atoms with Crippen molar-refractivity contribution in [3.63, 3.8) is 0 Å². The fourth-order valence-electron chi connectivity index (χ4n) is 3.09. The summed E-state index contributed by atoms with van der Waals surface area (Å²) in [5, 5.41) is 14.9.